The fourth-order valence-corrected chi connectivity index (χ4v) is 3.77. The molecule has 2 aromatic carbocycles. The fourth-order valence-electron chi connectivity index (χ4n) is 3.77. The monoisotopic (exact) mass is 406 g/mol. The first-order valence-corrected chi connectivity index (χ1v) is 10.4. The topological polar surface area (TPSA) is 71.8 Å². The van der Waals surface area contributed by atoms with Crippen LogP contribution < -0.4 is 10.1 Å². The van der Waals surface area contributed by atoms with Gasteiger partial charge in [0.25, 0.3) is 11.8 Å². The average Bonchev–Trinajstić information content (AvgIpc) is 2.91. The Bertz CT molecular complexity index is 1050. The molecule has 0 saturated carbocycles. The highest BCUT2D eigenvalue weighted by Crippen LogP contribution is 2.32. The quantitative estimate of drug-likeness (QED) is 0.662. The van der Waals surface area contributed by atoms with Crippen LogP contribution >= 0.6 is 0 Å². The number of benzene rings is 2. The number of carbonyl (C=O) groups excluding carboxylic acids is 2. The molecule has 1 fully saturated rings. The van der Waals surface area contributed by atoms with Crippen molar-refractivity contribution in [3.05, 3.63) is 59.9 Å². The van der Waals surface area contributed by atoms with E-state index < -0.39 is 0 Å². The van der Waals surface area contributed by atoms with Crippen molar-refractivity contribution in [3.8, 4) is 5.75 Å². The number of hydrogen-bond acceptors (Lipinski definition) is 4. The van der Waals surface area contributed by atoms with Gasteiger partial charge in [0.05, 0.1) is 0 Å². The van der Waals surface area contributed by atoms with E-state index in [1.165, 1.54) is 0 Å². The van der Waals surface area contributed by atoms with Gasteiger partial charge in [-0.25, -0.2) is 0 Å². The molecule has 1 aliphatic heterocycles. The van der Waals surface area contributed by atoms with Crippen LogP contribution in [-0.4, -0.2) is 36.4 Å². The van der Waals surface area contributed by atoms with Gasteiger partial charge in [-0.1, -0.05) is 37.1 Å². The molecule has 0 spiro atoms. The van der Waals surface area contributed by atoms with Crippen molar-refractivity contribution in [3.63, 3.8) is 0 Å². The van der Waals surface area contributed by atoms with Gasteiger partial charge in [0.1, 0.15) is 17.0 Å². The number of rotatable bonds is 5. The predicted octanol–water partition coefficient (Wildman–Crippen LogP) is 4.77. The summed E-state index contributed by atoms with van der Waals surface area (Å²) in [6.07, 6.45) is 4.23. The number of nitrogens with one attached hydrogen (secondary N) is 1. The van der Waals surface area contributed by atoms with Gasteiger partial charge in [0.15, 0.2) is 6.61 Å². The maximum atomic E-state index is 13.2. The van der Waals surface area contributed by atoms with Crippen molar-refractivity contribution >= 4 is 28.5 Å². The van der Waals surface area contributed by atoms with E-state index in [1.807, 2.05) is 54.3 Å². The predicted molar refractivity (Wildman–Crippen MR) is 116 cm³/mol. The van der Waals surface area contributed by atoms with E-state index in [0.717, 1.165) is 31.2 Å². The SMILES string of the molecule is Cc1cccc(OCC(=O)Nc2c(C(=O)N3CCCCCC3)oc3ccccc23)c1. The molecule has 0 aliphatic carbocycles. The summed E-state index contributed by atoms with van der Waals surface area (Å²) in [6, 6.07) is 14.9. The first-order valence-electron chi connectivity index (χ1n) is 10.4. The smallest absolute Gasteiger partial charge is 0.291 e. The van der Waals surface area contributed by atoms with E-state index in [2.05, 4.69) is 5.32 Å². The third kappa shape index (κ3) is 4.48. The van der Waals surface area contributed by atoms with E-state index in [0.29, 0.717) is 35.5 Å². The van der Waals surface area contributed by atoms with Crippen LogP contribution in [0.5, 0.6) is 5.75 Å². The lowest BCUT2D eigenvalue weighted by Gasteiger charge is -2.19. The third-order valence-corrected chi connectivity index (χ3v) is 5.31. The summed E-state index contributed by atoms with van der Waals surface area (Å²) in [6.45, 7) is 3.23. The first-order chi connectivity index (χ1) is 14.6. The van der Waals surface area contributed by atoms with E-state index >= 15 is 0 Å². The van der Waals surface area contributed by atoms with Crippen molar-refractivity contribution in [2.45, 2.75) is 32.6 Å². The molecular formula is C24H26N2O4. The Morgan fingerprint density at radius 1 is 1.03 bits per heavy atom. The Morgan fingerprint density at radius 2 is 1.80 bits per heavy atom. The van der Waals surface area contributed by atoms with Gasteiger partial charge in [0, 0.05) is 18.5 Å². The molecular weight excluding hydrogens is 380 g/mol. The minimum atomic E-state index is -0.340. The minimum absolute atomic E-state index is 0.152. The van der Waals surface area contributed by atoms with Crippen molar-refractivity contribution in [2.24, 2.45) is 0 Å². The van der Waals surface area contributed by atoms with Gasteiger partial charge in [-0.3, -0.25) is 9.59 Å². The molecule has 0 atom stereocenters. The highest BCUT2D eigenvalue weighted by molar-refractivity contribution is 6.11. The zero-order valence-corrected chi connectivity index (χ0v) is 17.1. The van der Waals surface area contributed by atoms with Crippen molar-refractivity contribution in [2.75, 3.05) is 25.0 Å². The Kier molecular flexibility index (Phi) is 6.02. The summed E-state index contributed by atoms with van der Waals surface area (Å²) in [5.41, 5.74) is 2.04. The number of carbonyl (C=O) groups is 2. The zero-order valence-electron chi connectivity index (χ0n) is 17.1. The number of aryl methyl sites for hydroxylation is 1. The number of fused-ring (bicyclic) bond motifs is 1. The molecule has 6 nitrogen and oxygen atoms in total. The van der Waals surface area contributed by atoms with Crippen molar-refractivity contribution in [1.82, 2.24) is 4.90 Å². The maximum absolute atomic E-state index is 13.2. The Hall–Kier alpha value is -3.28. The van der Waals surface area contributed by atoms with Gasteiger partial charge >= 0.3 is 0 Å². The average molecular weight is 406 g/mol. The van der Waals surface area contributed by atoms with Crippen LogP contribution in [0.2, 0.25) is 0 Å². The summed E-state index contributed by atoms with van der Waals surface area (Å²) in [5, 5.41) is 3.56. The number of amides is 2. The molecule has 1 aromatic heterocycles. The molecule has 0 unspecified atom stereocenters. The largest absolute Gasteiger partial charge is 0.484 e. The highest BCUT2D eigenvalue weighted by atomic mass is 16.5. The molecule has 1 saturated heterocycles. The molecule has 30 heavy (non-hydrogen) atoms. The van der Waals surface area contributed by atoms with Crippen LogP contribution in [0.1, 0.15) is 41.8 Å². The van der Waals surface area contributed by atoms with Gasteiger partial charge in [-0.2, -0.15) is 0 Å². The first kappa shape index (κ1) is 20.0. The Labute approximate surface area is 175 Å². The molecule has 1 aliphatic rings. The molecule has 0 radical (unpaired) electrons. The number of anilines is 1. The number of likely N-dealkylation sites (tertiary alicyclic amines) is 1. The summed E-state index contributed by atoms with van der Waals surface area (Å²) in [5.74, 6) is 0.293. The number of para-hydroxylation sites is 1. The summed E-state index contributed by atoms with van der Waals surface area (Å²) in [4.78, 5) is 27.6. The molecule has 2 heterocycles. The van der Waals surface area contributed by atoms with Crippen LogP contribution in [0, 0.1) is 6.92 Å². The molecule has 4 rings (SSSR count). The maximum Gasteiger partial charge on any atom is 0.291 e. The van der Waals surface area contributed by atoms with E-state index in [4.69, 9.17) is 9.15 Å². The Balaban J connectivity index is 1.55. The lowest BCUT2D eigenvalue weighted by molar-refractivity contribution is -0.118. The third-order valence-electron chi connectivity index (χ3n) is 5.31. The summed E-state index contributed by atoms with van der Waals surface area (Å²) < 4.78 is 11.5. The van der Waals surface area contributed by atoms with Crippen LogP contribution in [0.4, 0.5) is 5.69 Å². The van der Waals surface area contributed by atoms with Gasteiger partial charge < -0.3 is 19.4 Å². The fraction of sp³-hybridized carbons (Fsp3) is 0.333. The number of ether oxygens (including phenoxy) is 1. The lowest BCUT2D eigenvalue weighted by Crippen LogP contribution is -2.32. The normalized spacial score (nSPS) is 14.4. The zero-order chi connectivity index (χ0) is 20.9. The molecule has 2 amide bonds. The van der Waals surface area contributed by atoms with E-state index in [-0.39, 0.29) is 24.2 Å². The van der Waals surface area contributed by atoms with Crippen molar-refractivity contribution < 1.29 is 18.7 Å². The van der Waals surface area contributed by atoms with Crippen LogP contribution in [-0.2, 0) is 4.79 Å². The number of furan rings is 1. The second-order valence-corrected chi connectivity index (χ2v) is 7.66. The van der Waals surface area contributed by atoms with E-state index in [9.17, 15) is 9.59 Å². The lowest BCUT2D eigenvalue weighted by atomic mass is 10.2. The summed E-state index contributed by atoms with van der Waals surface area (Å²) in [7, 11) is 0. The molecule has 1 N–H and O–H groups in total. The van der Waals surface area contributed by atoms with Crippen molar-refractivity contribution in [1.29, 1.82) is 0 Å². The number of hydrogen-bond donors (Lipinski definition) is 1. The number of nitrogens with zero attached hydrogens (tertiary/aromatic N) is 1. The van der Waals surface area contributed by atoms with Gasteiger partial charge in [-0.15, -0.1) is 0 Å². The molecule has 3 aromatic rings. The van der Waals surface area contributed by atoms with Crippen LogP contribution in [0.15, 0.2) is 52.9 Å². The van der Waals surface area contributed by atoms with E-state index in [1.54, 1.807) is 6.07 Å². The van der Waals surface area contributed by atoms with Gasteiger partial charge in [-0.05, 0) is 49.6 Å². The molecule has 0 bridgehead atoms. The molecule has 6 heteroatoms. The minimum Gasteiger partial charge on any atom is -0.484 e. The van der Waals surface area contributed by atoms with Crippen LogP contribution in [0.3, 0.4) is 0 Å². The standard InChI is InChI=1S/C24H26N2O4/c1-17-9-8-10-18(15-17)29-16-21(27)25-22-19-11-4-5-12-20(19)30-23(22)24(28)26-13-6-2-3-7-14-26/h4-5,8-12,15H,2-3,6-7,13-14,16H2,1H3,(H,25,27). The highest BCUT2D eigenvalue weighted by Gasteiger charge is 2.27. The molecule has 156 valence electrons. The second-order valence-electron chi connectivity index (χ2n) is 7.66. The van der Waals surface area contributed by atoms with Gasteiger partial charge in [0.2, 0.25) is 5.76 Å². The Morgan fingerprint density at radius 3 is 2.57 bits per heavy atom. The summed E-state index contributed by atoms with van der Waals surface area (Å²) >= 11 is 0. The van der Waals surface area contributed by atoms with Crippen LogP contribution in [0.25, 0.3) is 11.0 Å². The second kappa shape index (κ2) is 9.03.